The van der Waals surface area contributed by atoms with E-state index in [2.05, 4.69) is 9.57 Å². The predicted molar refractivity (Wildman–Crippen MR) is 56.7 cm³/mol. The minimum absolute atomic E-state index is 0.0111. The zero-order valence-corrected chi connectivity index (χ0v) is 9.88. The zero-order chi connectivity index (χ0) is 14.5. The standard InChI is InChI=1S/C11H11F4NO3/c1-18-4-5-19-16-10(17)8-6-7(11(13,14)15)2-3-9(8)12/h2-3,6H,4-5H2,1H3,(H,16,17). The van der Waals surface area contributed by atoms with Crippen LogP contribution in [0.1, 0.15) is 15.9 Å². The second-order valence-corrected chi connectivity index (χ2v) is 3.46. The highest BCUT2D eigenvalue weighted by molar-refractivity contribution is 5.93. The summed E-state index contributed by atoms with van der Waals surface area (Å²) in [5.41, 5.74) is -0.0312. The van der Waals surface area contributed by atoms with Gasteiger partial charge in [0.1, 0.15) is 5.82 Å². The molecule has 0 aliphatic carbocycles. The van der Waals surface area contributed by atoms with Crippen molar-refractivity contribution in [2.75, 3.05) is 20.3 Å². The Balaban J connectivity index is 2.78. The number of carbonyl (C=O) groups excluding carboxylic acids is 1. The van der Waals surface area contributed by atoms with Crippen LogP contribution in [0.2, 0.25) is 0 Å². The first kappa shape index (κ1) is 15.4. The first-order valence-corrected chi connectivity index (χ1v) is 5.14. The molecule has 1 amide bonds. The van der Waals surface area contributed by atoms with Gasteiger partial charge in [0.25, 0.3) is 5.91 Å². The Kier molecular flexibility index (Phi) is 5.25. The van der Waals surface area contributed by atoms with E-state index in [1.165, 1.54) is 7.11 Å². The fourth-order valence-electron chi connectivity index (χ4n) is 1.17. The average Bonchev–Trinajstić information content (AvgIpc) is 2.33. The lowest BCUT2D eigenvalue weighted by atomic mass is 10.1. The maximum absolute atomic E-state index is 13.3. The fourth-order valence-corrected chi connectivity index (χ4v) is 1.17. The van der Waals surface area contributed by atoms with E-state index in [1.807, 2.05) is 5.48 Å². The molecule has 0 fully saturated rings. The molecule has 0 aromatic heterocycles. The van der Waals surface area contributed by atoms with Crippen LogP contribution in [-0.2, 0) is 15.8 Å². The van der Waals surface area contributed by atoms with Gasteiger partial charge in [0.15, 0.2) is 0 Å². The van der Waals surface area contributed by atoms with Crippen LogP contribution in [0.25, 0.3) is 0 Å². The number of methoxy groups -OCH3 is 1. The van der Waals surface area contributed by atoms with E-state index in [1.54, 1.807) is 0 Å². The van der Waals surface area contributed by atoms with Crippen molar-refractivity contribution in [3.05, 3.63) is 35.1 Å². The lowest BCUT2D eigenvalue weighted by molar-refractivity contribution is -0.137. The van der Waals surface area contributed by atoms with E-state index < -0.39 is 29.0 Å². The minimum atomic E-state index is -4.65. The molecular formula is C11H11F4NO3. The van der Waals surface area contributed by atoms with E-state index >= 15 is 0 Å². The quantitative estimate of drug-likeness (QED) is 0.511. The highest BCUT2D eigenvalue weighted by atomic mass is 19.4. The third-order valence-corrected chi connectivity index (χ3v) is 2.09. The monoisotopic (exact) mass is 281 g/mol. The Bertz CT molecular complexity index is 448. The molecule has 0 radical (unpaired) electrons. The van der Waals surface area contributed by atoms with E-state index in [-0.39, 0.29) is 13.2 Å². The lowest BCUT2D eigenvalue weighted by Gasteiger charge is -2.10. The molecule has 0 saturated heterocycles. The molecule has 0 aliphatic rings. The first-order chi connectivity index (χ1) is 8.86. The number of alkyl halides is 3. The number of hydrogen-bond acceptors (Lipinski definition) is 3. The molecule has 1 rings (SSSR count). The number of hydrogen-bond donors (Lipinski definition) is 1. The molecule has 0 unspecified atom stereocenters. The van der Waals surface area contributed by atoms with Crippen LogP contribution in [0.15, 0.2) is 18.2 Å². The maximum Gasteiger partial charge on any atom is 0.416 e. The van der Waals surface area contributed by atoms with Gasteiger partial charge in [0, 0.05) is 7.11 Å². The Morgan fingerprint density at radius 1 is 1.32 bits per heavy atom. The molecule has 106 valence electrons. The second kappa shape index (κ2) is 6.48. The van der Waals surface area contributed by atoms with Gasteiger partial charge in [-0.2, -0.15) is 13.2 Å². The normalized spacial score (nSPS) is 11.4. The summed E-state index contributed by atoms with van der Waals surface area (Å²) in [7, 11) is 1.40. The highest BCUT2D eigenvalue weighted by Crippen LogP contribution is 2.30. The van der Waals surface area contributed by atoms with Crippen LogP contribution < -0.4 is 5.48 Å². The van der Waals surface area contributed by atoms with Crippen molar-refractivity contribution in [3.8, 4) is 0 Å². The van der Waals surface area contributed by atoms with E-state index in [0.717, 1.165) is 0 Å². The Morgan fingerprint density at radius 3 is 2.58 bits per heavy atom. The molecule has 19 heavy (non-hydrogen) atoms. The van der Waals surface area contributed by atoms with Gasteiger partial charge in [-0.15, -0.1) is 0 Å². The van der Waals surface area contributed by atoms with Crippen LogP contribution >= 0.6 is 0 Å². The topological polar surface area (TPSA) is 47.6 Å². The summed E-state index contributed by atoms with van der Waals surface area (Å²) in [5, 5.41) is 0. The summed E-state index contributed by atoms with van der Waals surface area (Å²) in [6.07, 6.45) is -4.65. The van der Waals surface area contributed by atoms with E-state index in [9.17, 15) is 22.4 Å². The molecule has 1 N–H and O–H groups in total. The van der Waals surface area contributed by atoms with Crippen molar-refractivity contribution in [3.63, 3.8) is 0 Å². The van der Waals surface area contributed by atoms with Crippen molar-refractivity contribution in [1.29, 1.82) is 0 Å². The summed E-state index contributed by atoms with van der Waals surface area (Å²) in [6.45, 7) is 0.161. The second-order valence-electron chi connectivity index (χ2n) is 3.46. The van der Waals surface area contributed by atoms with Gasteiger partial charge in [-0.3, -0.25) is 9.63 Å². The summed E-state index contributed by atoms with van der Waals surface area (Å²) in [5.74, 6) is -2.17. The molecule has 1 aromatic rings. The molecule has 0 spiro atoms. The molecule has 0 heterocycles. The number of ether oxygens (including phenoxy) is 1. The Labute approximate surface area is 106 Å². The number of hydroxylamine groups is 1. The van der Waals surface area contributed by atoms with Crippen LogP contribution in [-0.4, -0.2) is 26.2 Å². The van der Waals surface area contributed by atoms with E-state index in [0.29, 0.717) is 18.2 Å². The highest BCUT2D eigenvalue weighted by Gasteiger charge is 2.31. The molecule has 4 nitrogen and oxygen atoms in total. The number of halogens is 4. The van der Waals surface area contributed by atoms with Crippen molar-refractivity contribution in [2.24, 2.45) is 0 Å². The van der Waals surface area contributed by atoms with Gasteiger partial charge in [-0.1, -0.05) is 0 Å². The number of rotatable bonds is 5. The number of benzene rings is 1. The van der Waals surface area contributed by atoms with Gasteiger partial charge in [0.05, 0.1) is 24.3 Å². The lowest BCUT2D eigenvalue weighted by Crippen LogP contribution is -2.26. The van der Waals surface area contributed by atoms with Gasteiger partial charge in [-0.05, 0) is 18.2 Å². The molecule has 0 aliphatic heterocycles. The van der Waals surface area contributed by atoms with Gasteiger partial charge >= 0.3 is 6.18 Å². The molecule has 1 aromatic carbocycles. The number of carbonyl (C=O) groups is 1. The number of amides is 1. The van der Waals surface area contributed by atoms with Crippen LogP contribution in [0, 0.1) is 5.82 Å². The van der Waals surface area contributed by atoms with Crippen molar-refractivity contribution >= 4 is 5.91 Å². The fraction of sp³-hybridized carbons (Fsp3) is 0.364. The summed E-state index contributed by atoms with van der Waals surface area (Å²) in [4.78, 5) is 16.0. The molecule has 0 bridgehead atoms. The summed E-state index contributed by atoms with van der Waals surface area (Å²) in [6, 6.07) is 1.55. The van der Waals surface area contributed by atoms with E-state index in [4.69, 9.17) is 0 Å². The third-order valence-electron chi connectivity index (χ3n) is 2.09. The van der Waals surface area contributed by atoms with Gasteiger partial charge < -0.3 is 4.74 Å². The van der Waals surface area contributed by atoms with Crippen LogP contribution in [0.3, 0.4) is 0 Å². The minimum Gasteiger partial charge on any atom is -0.382 e. The van der Waals surface area contributed by atoms with Crippen molar-refractivity contribution in [1.82, 2.24) is 5.48 Å². The zero-order valence-electron chi connectivity index (χ0n) is 9.88. The number of nitrogens with one attached hydrogen (secondary N) is 1. The van der Waals surface area contributed by atoms with Crippen LogP contribution in [0.4, 0.5) is 17.6 Å². The van der Waals surface area contributed by atoms with Crippen molar-refractivity contribution in [2.45, 2.75) is 6.18 Å². The maximum atomic E-state index is 13.3. The van der Waals surface area contributed by atoms with Gasteiger partial charge in [0.2, 0.25) is 0 Å². The smallest absolute Gasteiger partial charge is 0.382 e. The van der Waals surface area contributed by atoms with Crippen molar-refractivity contribution < 1.29 is 31.9 Å². The summed E-state index contributed by atoms with van der Waals surface area (Å²) < 4.78 is 55.1. The molecule has 0 atom stereocenters. The predicted octanol–water partition coefficient (Wildman–Crippen LogP) is 2.15. The Hall–Kier alpha value is -1.67. The van der Waals surface area contributed by atoms with Gasteiger partial charge in [-0.25, -0.2) is 9.87 Å². The molecule has 8 heteroatoms. The summed E-state index contributed by atoms with van der Waals surface area (Å²) >= 11 is 0. The molecule has 0 saturated carbocycles. The largest absolute Gasteiger partial charge is 0.416 e. The average molecular weight is 281 g/mol. The Morgan fingerprint density at radius 2 is 2.00 bits per heavy atom. The third kappa shape index (κ3) is 4.49. The van der Waals surface area contributed by atoms with Crippen LogP contribution in [0.5, 0.6) is 0 Å². The molecular weight excluding hydrogens is 270 g/mol. The SMILES string of the molecule is COCCONC(=O)c1cc(C(F)(F)F)ccc1F. The first-order valence-electron chi connectivity index (χ1n) is 5.14.